The number of nitrogens with one attached hydrogen (secondary N) is 1. The van der Waals surface area contributed by atoms with Crippen LogP contribution in [0.15, 0.2) is 36.9 Å². The molecule has 16 heavy (non-hydrogen) atoms. The molecule has 0 amide bonds. The second kappa shape index (κ2) is 4.79. The number of aryl methyl sites for hydroxylation is 1. The lowest BCUT2D eigenvalue weighted by molar-refractivity contribution is 0.658. The van der Waals surface area contributed by atoms with Gasteiger partial charge in [-0.2, -0.15) is 5.10 Å². The van der Waals surface area contributed by atoms with Gasteiger partial charge in [0.25, 0.3) is 0 Å². The van der Waals surface area contributed by atoms with E-state index >= 15 is 0 Å². The monoisotopic (exact) mass is 216 g/mol. The summed E-state index contributed by atoms with van der Waals surface area (Å²) >= 11 is 0. The molecule has 1 unspecified atom stereocenters. The van der Waals surface area contributed by atoms with Gasteiger partial charge in [-0.05, 0) is 26.0 Å². The van der Waals surface area contributed by atoms with E-state index in [1.807, 2.05) is 29.2 Å². The van der Waals surface area contributed by atoms with Crippen LogP contribution in [0.5, 0.6) is 0 Å². The zero-order chi connectivity index (χ0) is 11.4. The molecule has 0 spiro atoms. The van der Waals surface area contributed by atoms with Gasteiger partial charge >= 0.3 is 0 Å². The first-order valence-corrected chi connectivity index (χ1v) is 5.48. The first-order chi connectivity index (χ1) is 7.79. The Hall–Kier alpha value is -1.84. The van der Waals surface area contributed by atoms with Gasteiger partial charge in [-0.15, -0.1) is 0 Å². The third-order valence-corrected chi connectivity index (χ3v) is 2.52. The quantitative estimate of drug-likeness (QED) is 0.853. The molecule has 0 bridgehead atoms. The number of hydrogen-bond acceptors (Lipinski definition) is 3. The van der Waals surface area contributed by atoms with Crippen LogP contribution in [-0.4, -0.2) is 14.8 Å². The van der Waals surface area contributed by atoms with Gasteiger partial charge in [-0.25, -0.2) is 0 Å². The standard InChI is InChI=1S/C12H16N4/c1-3-16-9-11(7-14-16)10(2)15-12-5-4-6-13-8-12/h4-10,15H,3H2,1-2H3. The number of rotatable bonds is 4. The first-order valence-electron chi connectivity index (χ1n) is 5.48. The highest BCUT2D eigenvalue weighted by atomic mass is 15.3. The van der Waals surface area contributed by atoms with Gasteiger partial charge in [-0.1, -0.05) is 0 Å². The smallest absolute Gasteiger partial charge is 0.0542 e. The summed E-state index contributed by atoms with van der Waals surface area (Å²) in [6, 6.07) is 4.17. The molecule has 4 heteroatoms. The number of aromatic nitrogens is 3. The molecule has 0 aliphatic heterocycles. The van der Waals surface area contributed by atoms with Crippen LogP contribution in [0.25, 0.3) is 0 Å². The van der Waals surface area contributed by atoms with Gasteiger partial charge in [0.2, 0.25) is 0 Å². The van der Waals surface area contributed by atoms with E-state index < -0.39 is 0 Å². The molecule has 1 N–H and O–H groups in total. The van der Waals surface area contributed by atoms with E-state index in [9.17, 15) is 0 Å². The fraction of sp³-hybridized carbons (Fsp3) is 0.333. The molecule has 0 radical (unpaired) electrons. The summed E-state index contributed by atoms with van der Waals surface area (Å²) in [7, 11) is 0. The summed E-state index contributed by atoms with van der Waals surface area (Å²) in [5, 5.41) is 7.64. The van der Waals surface area contributed by atoms with Gasteiger partial charge < -0.3 is 5.32 Å². The third-order valence-electron chi connectivity index (χ3n) is 2.52. The average Bonchev–Trinajstić information content (AvgIpc) is 2.79. The maximum absolute atomic E-state index is 4.26. The molecule has 0 aliphatic carbocycles. The number of nitrogens with zero attached hydrogens (tertiary/aromatic N) is 3. The van der Waals surface area contributed by atoms with Crippen LogP contribution in [0.3, 0.4) is 0 Å². The van der Waals surface area contributed by atoms with Gasteiger partial charge in [-0.3, -0.25) is 9.67 Å². The molecule has 1 atom stereocenters. The molecule has 0 saturated carbocycles. The molecule has 2 aromatic rings. The van der Waals surface area contributed by atoms with Gasteiger partial charge in [0.15, 0.2) is 0 Å². The van der Waals surface area contributed by atoms with Gasteiger partial charge in [0, 0.05) is 30.7 Å². The van der Waals surface area contributed by atoms with E-state index in [4.69, 9.17) is 0 Å². The van der Waals surface area contributed by atoms with Crippen LogP contribution in [0, 0.1) is 0 Å². The summed E-state index contributed by atoms with van der Waals surface area (Å²) in [6.45, 7) is 5.10. The van der Waals surface area contributed by atoms with Crippen molar-refractivity contribution >= 4 is 5.69 Å². The molecule has 2 heterocycles. The summed E-state index contributed by atoms with van der Waals surface area (Å²) < 4.78 is 1.93. The normalized spacial score (nSPS) is 12.4. The molecule has 0 aliphatic rings. The minimum atomic E-state index is 0.240. The Bertz CT molecular complexity index is 435. The van der Waals surface area contributed by atoms with Crippen molar-refractivity contribution < 1.29 is 0 Å². The van der Waals surface area contributed by atoms with Crippen molar-refractivity contribution in [3.05, 3.63) is 42.5 Å². The summed E-state index contributed by atoms with van der Waals surface area (Å²) in [6.07, 6.45) is 7.55. The predicted octanol–water partition coefficient (Wildman–Crippen LogP) is 2.47. The van der Waals surface area contributed by atoms with Crippen molar-refractivity contribution in [1.82, 2.24) is 14.8 Å². The summed E-state index contributed by atoms with van der Waals surface area (Å²) in [5.74, 6) is 0. The fourth-order valence-electron chi connectivity index (χ4n) is 1.56. The zero-order valence-corrected chi connectivity index (χ0v) is 9.59. The van der Waals surface area contributed by atoms with Gasteiger partial charge in [0.1, 0.15) is 0 Å². The van der Waals surface area contributed by atoms with Crippen molar-refractivity contribution in [2.24, 2.45) is 0 Å². The Labute approximate surface area is 95.3 Å². The van der Waals surface area contributed by atoms with Crippen molar-refractivity contribution in [1.29, 1.82) is 0 Å². The molecular formula is C12H16N4. The van der Waals surface area contributed by atoms with Crippen LogP contribution in [0.1, 0.15) is 25.5 Å². The molecule has 4 nitrogen and oxygen atoms in total. The molecule has 2 rings (SSSR count). The minimum absolute atomic E-state index is 0.240. The third kappa shape index (κ3) is 2.39. The topological polar surface area (TPSA) is 42.7 Å². The van der Waals surface area contributed by atoms with Crippen LogP contribution >= 0.6 is 0 Å². The van der Waals surface area contributed by atoms with E-state index in [0.29, 0.717) is 0 Å². The van der Waals surface area contributed by atoms with E-state index in [1.165, 1.54) is 5.56 Å². The number of pyridine rings is 1. The van der Waals surface area contributed by atoms with Crippen molar-refractivity contribution in [2.45, 2.75) is 26.4 Å². The zero-order valence-electron chi connectivity index (χ0n) is 9.59. The lowest BCUT2D eigenvalue weighted by Crippen LogP contribution is -2.05. The molecule has 2 aromatic heterocycles. The lowest BCUT2D eigenvalue weighted by Gasteiger charge is -2.12. The largest absolute Gasteiger partial charge is 0.377 e. The number of anilines is 1. The maximum atomic E-state index is 4.26. The Morgan fingerprint density at radius 2 is 2.31 bits per heavy atom. The average molecular weight is 216 g/mol. The second-order valence-electron chi connectivity index (χ2n) is 3.74. The highest BCUT2D eigenvalue weighted by molar-refractivity contribution is 5.42. The van der Waals surface area contributed by atoms with E-state index in [1.54, 1.807) is 6.20 Å². The predicted molar refractivity (Wildman–Crippen MR) is 64.2 cm³/mol. The lowest BCUT2D eigenvalue weighted by atomic mass is 10.2. The Morgan fingerprint density at radius 3 is 2.94 bits per heavy atom. The fourth-order valence-corrected chi connectivity index (χ4v) is 1.56. The van der Waals surface area contributed by atoms with Crippen LogP contribution in [0.4, 0.5) is 5.69 Å². The molecular weight excluding hydrogens is 200 g/mol. The Morgan fingerprint density at radius 1 is 1.44 bits per heavy atom. The highest BCUT2D eigenvalue weighted by Crippen LogP contribution is 2.17. The molecule has 84 valence electrons. The molecule has 0 aromatic carbocycles. The van der Waals surface area contributed by atoms with Crippen LogP contribution < -0.4 is 5.32 Å². The van der Waals surface area contributed by atoms with E-state index in [2.05, 4.69) is 35.4 Å². The van der Waals surface area contributed by atoms with Gasteiger partial charge in [0.05, 0.1) is 17.9 Å². The minimum Gasteiger partial charge on any atom is -0.377 e. The maximum Gasteiger partial charge on any atom is 0.0542 e. The second-order valence-corrected chi connectivity index (χ2v) is 3.74. The summed E-state index contributed by atoms with van der Waals surface area (Å²) in [5.41, 5.74) is 2.21. The first kappa shape index (κ1) is 10.7. The van der Waals surface area contributed by atoms with Crippen molar-refractivity contribution in [2.75, 3.05) is 5.32 Å². The Kier molecular flexibility index (Phi) is 3.19. The van der Waals surface area contributed by atoms with E-state index in [0.717, 1.165) is 12.2 Å². The molecule has 0 fully saturated rings. The SMILES string of the molecule is CCn1cc(C(C)Nc2cccnc2)cn1. The van der Waals surface area contributed by atoms with Crippen LogP contribution in [0.2, 0.25) is 0 Å². The number of hydrogen-bond donors (Lipinski definition) is 1. The van der Waals surface area contributed by atoms with Crippen molar-refractivity contribution in [3.8, 4) is 0 Å². The van der Waals surface area contributed by atoms with Crippen LogP contribution in [-0.2, 0) is 6.54 Å². The summed E-state index contributed by atoms with van der Waals surface area (Å²) in [4.78, 5) is 4.07. The Balaban J connectivity index is 2.05. The molecule has 0 saturated heterocycles. The highest BCUT2D eigenvalue weighted by Gasteiger charge is 2.07. The van der Waals surface area contributed by atoms with Crippen molar-refractivity contribution in [3.63, 3.8) is 0 Å². The van der Waals surface area contributed by atoms with E-state index in [-0.39, 0.29) is 6.04 Å².